The molecule has 1 nitrogen and oxygen atoms in total. The van der Waals surface area contributed by atoms with Crippen LogP contribution < -0.4 is 0 Å². The summed E-state index contributed by atoms with van der Waals surface area (Å²) < 4.78 is 0. The van der Waals surface area contributed by atoms with E-state index in [1.807, 2.05) is 19.0 Å². The zero-order valence-corrected chi connectivity index (χ0v) is 9.46. The lowest BCUT2D eigenvalue weighted by atomic mass is 10.2. The molecule has 74 valence electrons. The number of hydrogen-bond acceptors (Lipinski definition) is 1. The first-order valence-corrected chi connectivity index (χ1v) is 4.67. The minimum Gasteiger partial charge on any atom is -0.383 e. The van der Waals surface area contributed by atoms with Crippen LogP contribution in [-0.4, -0.2) is 19.0 Å². The van der Waals surface area contributed by atoms with Crippen LogP contribution >= 0.6 is 0 Å². The predicted octanol–water partition coefficient (Wildman–Crippen LogP) is 3.36. The fourth-order valence-corrected chi connectivity index (χ4v) is 0.815. The third kappa shape index (κ3) is 8.93. The second-order valence-corrected chi connectivity index (χ2v) is 3.74. The van der Waals surface area contributed by atoms with Crippen molar-refractivity contribution in [3.8, 4) is 0 Å². The molecule has 0 amide bonds. The van der Waals surface area contributed by atoms with Crippen LogP contribution in [0.25, 0.3) is 0 Å². The van der Waals surface area contributed by atoms with E-state index in [-0.39, 0.29) is 0 Å². The lowest BCUT2D eigenvalue weighted by Crippen LogP contribution is -1.99. The van der Waals surface area contributed by atoms with Crippen LogP contribution in [0.4, 0.5) is 0 Å². The molecule has 0 saturated heterocycles. The zero-order chi connectivity index (χ0) is 10.3. The fourth-order valence-electron chi connectivity index (χ4n) is 0.815. The van der Waals surface area contributed by atoms with Crippen molar-refractivity contribution in [1.29, 1.82) is 0 Å². The predicted molar refractivity (Wildman–Crippen MR) is 60.6 cm³/mol. The summed E-state index contributed by atoms with van der Waals surface area (Å²) >= 11 is 0. The van der Waals surface area contributed by atoms with E-state index in [4.69, 9.17) is 0 Å². The van der Waals surface area contributed by atoms with Crippen LogP contribution in [0.15, 0.2) is 35.6 Å². The Labute approximate surface area is 82.4 Å². The molecular formula is C12H21N. The van der Waals surface area contributed by atoms with Gasteiger partial charge in [0.05, 0.1) is 0 Å². The van der Waals surface area contributed by atoms with Crippen LogP contribution in [0.3, 0.4) is 0 Å². The van der Waals surface area contributed by atoms with Gasteiger partial charge in [-0.05, 0) is 39.5 Å². The minimum atomic E-state index is 1.03. The van der Waals surface area contributed by atoms with Crippen molar-refractivity contribution in [3.05, 3.63) is 35.6 Å². The molecule has 0 N–H and O–H groups in total. The van der Waals surface area contributed by atoms with Gasteiger partial charge in [0.1, 0.15) is 0 Å². The van der Waals surface area contributed by atoms with Gasteiger partial charge in [0.25, 0.3) is 0 Å². The molecule has 0 saturated carbocycles. The van der Waals surface area contributed by atoms with E-state index >= 15 is 0 Å². The molecule has 0 aromatic rings. The lowest BCUT2D eigenvalue weighted by molar-refractivity contribution is 0.563. The number of hydrogen-bond donors (Lipinski definition) is 0. The van der Waals surface area contributed by atoms with E-state index in [1.54, 1.807) is 0 Å². The maximum atomic E-state index is 2.23. The number of nitrogens with zero attached hydrogens (tertiary/aromatic N) is 1. The summed E-state index contributed by atoms with van der Waals surface area (Å²) in [4.78, 5) is 2.04. The van der Waals surface area contributed by atoms with Gasteiger partial charge in [-0.3, -0.25) is 0 Å². The number of allylic oxidation sites excluding steroid dienone is 5. The van der Waals surface area contributed by atoms with Gasteiger partial charge in [-0.25, -0.2) is 0 Å². The summed E-state index contributed by atoms with van der Waals surface area (Å²) in [5.74, 6) is 0. The van der Waals surface area contributed by atoms with E-state index in [9.17, 15) is 0 Å². The molecule has 0 rings (SSSR count). The maximum Gasteiger partial charge on any atom is 0.00556 e. The van der Waals surface area contributed by atoms with Gasteiger partial charge in [0, 0.05) is 14.1 Å². The maximum absolute atomic E-state index is 2.23. The molecule has 0 aliphatic heterocycles. The highest BCUT2D eigenvalue weighted by atomic mass is 15.0. The quantitative estimate of drug-likeness (QED) is 0.472. The summed E-state index contributed by atoms with van der Waals surface area (Å²) in [6.07, 6.45) is 9.68. The molecule has 0 aliphatic rings. The molecule has 0 heterocycles. The number of rotatable bonds is 4. The van der Waals surface area contributed by atoms with E-state index in [1.165, 1.54) is 11.1 Å². The highest BCUT2D eigenvalue weighted by Crippen LogP contribution is 2.00. The van der Waals surface area contributed by atoms with Crippen LogP contribution in [-0.2, 0) is 0 Å². The molecule has 0 atom stereocenters. The topological polar surface area (TPSA) is 3.24 Å². The highest BCUT2D eigenvalue weighted by molar-refractivity contribution is 5.16. The molecule has 0 bridgehead atoms. The third-order valence-electron chi connectivity index (χ3n) is 1.60. The molecular weight excluding hydrogens is 158 g/mol. The van der Waals surface area contributed by atoms with E-state index in [2.05, 4.69) is 45.2 Å². The van der Waals surface area contributed by atoms with E-state index in [0.29, 0.717) is 0 Å². The summed E-state index contributed by atoms with van der Waals surface area (Å²) in [6.45, 7) is 6.37. The third-order valence-corrected chi connectivity index (χ3v) is 1.60. The van der Waals surface area contributed by atoms with Crippen molar-refractivity contribution in [3.63, 3.8) is 0 Å². The molecule has 0 aromatic heterocycles. The van der Waals surface area contributed by atoms with E-state index < -0.39 is 0 Å². The Morgan fingerprint density at radius 2 is 1.69 bits per heavy atom. The molecule has 0 aromatic carbocycles. The van der Waals surface area contributed by atoms with Crippen molar-refractivity contribution in [2.24, 2.45) is 0 Å². The molecule has 13 heavy (non-hydrogen) atoms. The van der Waals surface area contributed by atoms with Crippen molar-refractivity contribution >= 4 is 0 Å². The Morgan fingerprint density at radius 1 is 1.08 bits per heavy atom. The first-order valence-electron chi connectivity index (χ1n) is 4.67. The minimum absolute atomic E-state index is 1.03. The molecule has 0 spiro atoms. The van der Waals surface area contributed by atoms with Gasteiger partial charge in [-0.2, -0.15) is 0 Å². The first kappa shape index (κ1) is 12.0. The van der Waals surface area contributed by atoms with Crippen molar-refractivity contribution in [2.45, 2.75) is 27.2 Å². The Bertz CT molecular complexity index is 215. The van der Waals surface area contributed by atoms with Gasteiger partial charge >= 0.3 is 0 Å². The molecule has 0 fully saturated rings. The van der Waals surface area contributed by atoms with Gasteiger partial charge in [-0.15, -0.1) is 0 Å². The largest absolute Gasteiger partial charge is 0.383 e. The first-order chi connectivity index (χ1) is 6.02. The average Bonchev–Trinajstić information content (AvgIpc) is 2.00. The standard InChI is InChI=1S/C12H21N/c1-11(2)7-6-8-12(3)9-10-13(4)5/h7-10H,6H2,1-5H3/b10-9+,12-8+. The van der Waals surface area contributed by atoms with Gasteiger partial charge in [0.15, 0.2) is 0 Å². The Balaban J connectivity index is 3.96. The highest BCUT2D eigenvalue weighted by Gasteiger charge is 1.82. The van der Waals surface area contributed by atoms with Crippen LogP contribution in [0.5, 0.6) is 0 Å². The van der Waals surface area contributed by atoms with Crippen LogP contribution in [0.1, 0.15) is 27.2 Å². The molecule has 0 radical (unpaired) electrons. The van der Waals surface area contributed by atoms with Gasteiger partial charge < -0.3 is 4.90 Å². The molecule has 1 heteroatoms. The lowest BCUT2D eigenvalue weighted by Gasteiger charge is -2.02. The zero-order valence-electron chi connectivity index (χ0n) is 9.46. The van der Waals surface area contributed by atoms with Crippen LogP contribution in [0.2, 0.25) is 0 Å². The smallest absolute Gasteiger partial charge is 0.00556 e. The second-order valence-electron chi connectivity index (χ2n) is 3.74. The SMILES string of the molecule is CC(C)=CC/C=C(C)/C=C/N(C)C. The monoisotopic (exact) mass is 179 g/mol. The molecule has 0 unspecified atom stereocenters. The Hall–Kier alpha value is -0.980. The Kier molecular flexibility index (Phi) is 6.03. The van der Waals surface area contributed by atoms with Gasteiger partial charge in [-0.1, -0.05) is 23.3 Å². The van der Waals surface area contributed by atoms with Gasteiger partial charge in [0.2, 0.25) is 0 Å². The summed E-state index contributed by atoms with van der Waals surface area (Å²) in [5, 5.41) is 0. The summed E-state index contributed by atoms with van der Waals surface area (Å²) in [7, 11) is 4.06. The normalized spacial score (nSPS) is 11.9. The Morgan fingerprint density at radius 3 is 2.15 bits per heavy atom. The fraction of sp³-hybridized carbons (Fsp3) is 0.500. The summed E-state index contributed by atoms with van der Waals surface area (Å²) in [6, 6.07) is 0. The summed E-state index contributed by atoms with van der Waals surface area (Å²) in [5.41, 5.74) is 2.69. The van der Waals surface area contributed by atoms with Crippen molar-refractivity contribution in [2.75, 3.05) is 14.1 Å². The molecule has 0 aliphatic carbocycles. The van der Waals surface area contributed by atoms with Crippen molar-refractivity contribution < 1.29 is 0 Å². The van der Waals surface area contributed by atoms with E-state index in [0.717, 1.165) is 6.42 Å². The van der Waals surface area contributed by atoms with Crippen molar-refractivity contribution in [1.82, 2.24) is 4.90 Å². The second kappa shape index (κ2) is 6.53. The van der Waals surface area contributed by atoms with Crippen LogP contribution in [0, 0.1) is 0 Å². The average molecular weight is 179 g/mol.